The third-order valence-corrected chi connectivity index (χ3v) is 16.4. The predicted molar refractivity (Wildman–Crippen MR) is 340 cm³/mol. The molecule has 0 saturated carbocycles. The molecule has 0 aliphatic carbocycles. The summed E-state index contributed by atoms with van der Waals surface area (Å²) in [5, 5.41) is 0. The highest BCUT2D eigenvalue weighted by Crippen LogP contribution is 2.49. The van der Waals surface area contributed by atoms with E-state index in [2.05, 4.69) is 311 Å². The van der Waals surface area contributed by atoms with Gasteiger partial charge in [0.2, 0.25) is 0 Å². The van der Waals surface area contributed by atoms with E-state index in [1.807, 2.05) is 0 Å². The quantitative estimate of drug-likeness (QED) is 0.148. The Bertz CT molecular complexity index is 3610. The van der Waals surface area contributed by atoms with Gasteiger partial charge in [-0.2, -0.15) is 0 Å². The molecule has 2 aliphatic heterocycles. The van der Waals surface area contributed by atoms with E-state index in [9.17, 15) is 0 Å². The predicted octanol–water partition coefficient (Wildman–Crippen LogP) is 18.7. The van der Waals surface area contributed by atoms with E-state index >= 15 is 0 Å². The van der Waals surface area contributed by atoms with Crippen molar-refractivity contribution >= 4 is 57.2 Å². The lowest BCUT2D eigenvalue weighted by atomic mass is 9.33. The molecule has 3 nitrogen and oxygen atoms in total. The molecule has 79 heavy (non-hydrogen) atoms. The van der Waals surface area contributed by atoms with E-state index in [-0.39, 0.29) is 28.4 Å². The number of hydrogen-bond acceptors (Lipinski definition) is 3. The van der Waals surface area contributed by atoms with Crippen LogP contribution in [0.4, 0.5) is 34.1 Å². The largest absolute Gasteiger partial charge is 0.311 e. The van der Waals surface area contributed by atoms with Gasteiger partial charge < -0.3 is 9.80 Å². The summed E-state index contributed by atoms with van der Waals surface area (Å²) in [5.41, 5.74) is 26.6. The van der Waals surface area contributed by atoms with Gasteiger partial charge >= 0.3 is 0 Å². The van der Waals surface area contributed by atoms with Crippen molar-refractivity contribution in [3.05, 3.63) is 241 Å². The van der Waals surface area contributed by atoms with Crippen LogP contribution in [-0.4, -0.2) is 11.7 Å². The lowest BCUT2D eigenvalue weighted by molar-refractivity contribution is 0.568. The van der Waals surface area contributed by atoms with Gasteiger partial charge in [-0.05, 0) is 154 Å². The van der Waals surface area contributed by atoms with Crippen LogP contribution in [-0.2, 0) is 21.7 Å². The second kappa shape index (κ2) is 19.3. The average Bonchev–Trinajstić information content (AvgIpc) is 2.41. The number of fused-ring (bicyclic) bond motifs is 4. The molecule has 1 aromatic heterocycles. The van der Waals surface area contributed by atoms with Crippen LogP contribution in [0.1, 0.15) is 105 Å². The maximum Gasteiger partial charge on any atom is 0.252 e. The molecule has 0 fully saturated rings. The molecular weight excluding hydrogens is 954 g/mol. The Labute approximate surface area is 470 Å². The van der Waals surface area contributed by atoms with E-state index in [0.29, 0.717) is 0 Å². The van der Waals surface area contributed by atoms with Gasteiger partial charge in [-0.1, -0.05) is 241 Å². The minimum atomic E-state index is -0.131. The highest BCUT2D eigenvalue weighted by molar-refractivity contribution is 7.00. The van der Waals surface area contributed by atoms with Gasteiger partial charge in [-0.25, -0.2) is 4.98 Å². The standard InChI is InChI=1S/C75H72BN3/c1-72(2,3)57-43-58(73(4,5)6)46-61(45-57)78-67-35-33-53(49-25-17-13-18-26-49)37-63(67)76-64-38-54(50-27-19-14-20-28-50)34-36-68(64)79(62-47-59(74(7,8)9)44-60(48-62)75(10,11)12)70-42-56(41-69(78)71(70)76)66-40-55(51-29-21-15-22-30-51)39-65(77-66)52-31-23-16-24-32-52/h13-48H,1-12H3. The number of aromatic nitrogens is 1. The normalized spacial score (nSPS) is 13.2. The first-order valence-corrected chi connectivity index (χ1v) is 28.3. The van der Waals surface area contributed by atoms with Crippen LogP contribution in [0, 0.1) is 0 Å². The maximum absolute atomic E-state index is 5.68. The Balaban J connectivity index is 1.25. The summed E-state index contributed by atoms with van der Waals surface area (Å²) < 4.78 is 0. The fraction of sp³-hybridized carbons (Fsp3) is 0.213. The van der Waals surface area contributed by atoms with Gasteiger partial charge in [0.15, 0.2) is 0 Å². The number of rotatable bonds is 7. The van der Waals surface area contributed by atoms with Gasteiger partial charge in [0.1, 0.15) is 0 Å². The van der Waals surface area contributed by atoms with Gasteiger partial charge in [0.25, 0.3) is 6.71 Å². The van der Waals surface area contributed by atoms with Crippen molar-refractivity contribution in [1.82, 2.24) is 4.98 Å². The van der Waals surface area contributed by atoms with Crippen molar-refractivity contribution < 1.29 is 0 Å². The lowest BCUT2D eigenvalue weighted by Gasteiger charge is -2.45. The minimum absolute atomic E-state index is 0.113. The first-order chi connectivity index (χ1) is 37.7. The van der Waals surface area contributed by atoms with Crippen LogP contribution in [0.15, 0.2) is 218 Å². The van der Waals surface area contributed by atoms with Crippen LogP contribution in [0.25, 0.3) is 55.9 Å². The van der Waals surface area contributed by atoms with Crippen molar-refractivity contribution in [1.29, 1.82) is 0 Å². The van der Waals surface area contributed by atoms with Crippen molar-refractivity contribution in [2.75, 3.05) is 9.80 Å². The molecule has 12 rings (SSSR count). The molecular formula is C75H72BN3. The zero-order valence-electron chi connectivity index (χ0n) is 48.2. The Morgan fingerprint density at radius 1 is 0.278 bits per heavy atom. The Morgan fingerprint density at radius 2 is 0.608 bits per heavy atom. The molecule has 0 amide bonds. The number of benzene rings is 9. The molecule has 0 spiro atoms. The molecule has 0 saturated heterocycles. The summed E-state index contributed by atoms with van der Waals surface area (Å²) in [6.07, 6.45) is 0. The van der Waals surface area contributed by atoms with Gasteiger partial charge in [-0.3, -0.25) is 0 Å². The summed E-state index contributed by atoms with van der Waals surface area (Å²) in [6, 6.07) is 82.1. The highest BCUT2D eigenvalue weighted by atomic mass is 15.2. The zero-order chi connectivity index (χ0) is 55.2. The summed E-state index contributed by atoms with van der Waals surface area (Å²) in [7, 11) is 0. The van der Waals surface area contributed by atoms with Crippen LogP contribution in [0.2, 0.25) is 0 Å². The zero-order valence-corrected chi connectivity index (χ0v) is 48.2. The monoisotopic (exact) mass is 1030 g/mol. The molecule has 390 valence electrons. The van der Waals surface area contributed by atoms with E-state index in [0.717, 1.165) is 56.4 Å². The average molecular weight is 1030 g/mol. The summed E-state index contributed by atoms with van der Waals surface area (Å²) in [5.74, 6) is 0. The van der Waals surface area contributed by atoms with Crippen LogP contribution >= 0.6 is 0 Å². The topological polar surface area (TPSA) is 19.4 Å². The van der Waals surface area contributed by atoms with Crippen LogP contribution in [0.3, 0.4) is 0 Å². The van der Waals surface area contributed by atoms with Crippen molar-refractivity contribution in [3.63, 3.8) is 0 Å². The highest BCUT2D eigenvalue weighted by Gasteiger charge is 2.45. The second-order valence-electron chi connectivity index (χ2n) is 26.2. The van der Waals surface area contributed by atoms with Crippen molar-refractivity contribution in [2.45, 2.75) is 105 Å². The maximum atomic E-state index is 5.68. The lowest BCUT2D eigenvalue weighted by Crippen LogP contribution is -2.61. The number of nitrogens with zero attached hydrogens (tertiary/aromatic N) is 3. The smallest absolute Gasteiger partial charge is 0.252 e. The Morgan fingerprint density at radius 3 is 0.962 bits per heavy atom. The molecule has 0 N–H and O–H groups in total. The fourth-order valence-electron chi connectivity index (χ4n) is 11.8. The molecule has 0 unspecified atom stereocenters. The Kier molecular flexibility index (Phi) is 12.6. The summed E-state index contributed by atoms with van der Waals surface area (Å²) in [6.45, 7) is 28.0. The third-order valence-electron chi connectivity index (χ3n) is 16.4. The van der Waals surface area contributed by atoms with Crippen molar-refractivity contribution in [2.24, 2.45) is 0 Å². The third kappa shape index (κ3) is 9.71. The molecule has 0 atom stereocenters. The SMILES string of the molecule is CC(C)(C)c1cc(N2c3ccc(-c4ccccc4)cc3B3c4cc(-c5ccccc5)ccc4N(c4cc(C(C)(C)C)cc(C(C)(C)C)c4)c4cc(-c5cc(-c6ccccc6)cc(-c6ccccc6)n5)cc2c43)cc(C(C)(C)C)c1. The van der Waals surface area contributed by atoms with Gasteiger partial charge in [0, 0.05) is 45.3 Å². The molecule has 9 aromatic carbocycles. The fourth-order valence-corrected chi connectivity index (χ4v) is 11.8. The number of anilines is 6. The number of hydrogen-bond donors (Lipinski definition) is 0. The Hall–Kier alpha value is -8.21. The number of pyridine rings is 1. The molecule has 0 bridgehead atoms. The first-order valence-electron chi connectivity index (χ1n) is 28.3. The molecule has 0 radical (unpaired) electrons. The van der Waals surface area contributed by atoms with Gasteiger partial charge in [-0.15, -0.1) is 0 Å². The van der Waals surface area contributed by atoms with E-state index < -0.39 is 0 Å². The van der Waals surface area contributed by atoms with Crippen LogP contribution < -0.4 is 26.2 Å². The molecule has 2 aliphatic rings. The van der Waals surface area contributed by atoms with Crippen molar-refractivity contribution in [3.8, 4) is 55.9 Å². The summed E-state index contributed by atoms with van der Waals surface area (Å²) >= 11 is 0. The molecule has 10 aromatic rings. The van der Waals surface area contributed by atoms with Crippen LogP contribution in [0.5, 0.6) is 0 Å². The molecule has 3 heterocycles. The minimum Gasteiger partial charge on any atom is -0.311 e. The van der Waals surface area contributed by atoms with E-state index in [4.69, 9.17) is 4.98 Å². The summed E-state index contributed by atoms with van der Waals surface area (Å²) in [4.78, 5) is 10.9. The molecule has 4 heteroatoms. The van der Waals surface area contributed by atoms with E-state index in [1.54, 1.807) is 0 Å². The second-order valence-corrected chi connectivity index (χ2v) is 26.2. The first kappa shape index (κ1) is 51.5. The van der Waals surface area contributed by atoms with E-state index in [1.165, 1.54) is 72.3 Å². The van der Waals surface area contributed by atoms with Gasteiger partial charge in [0.05, 0.1) is 11.4 Å².